The molecule has 1 aromatic rings. The highest BCUT2D eigenvalue weighted by Crippen LogP contribution is 2.48. The lowest BCUT2D eigenvalue weighted by molar-refractivity contribution is -0.161. The Hall–Kier alpha value is -1.81. The number of esters is 1. The monoisotopic (exact) mass is 248 g/mol. The molecule has 1 aromatic carbocycles. The van der Waals surface area contributed by atoms with Crippen LogP contribution in [0.25, 0.3) is 0 Å². The van der Waals surface area contributed by atoms with Crippen LogP contribution in [-0.4, -0.2) is 17.7 Å². The quantitative estimate of drug-likeness (QED) is 0.815. The second-order valence-corrected chi connectivity index (χ2v) is 4.39. The predicted octanol–water partition coefficient (Wildman–Crippen LogP) is 2.20. The van der Waals surface area contributed by atoms with E-state index in [9.17, 15) is 9.90 Å². The van der Waals surface area contributed by atoms with Crippen LogP contribution in [0.1, 0.15) is 25.5 Å². The Bertz CT molecular complexity index is 494. The van der Waals surface area contributed by atoms with Crippen LogP contribution in [0.3, 0.4) is 0 Å². The van der Waals surface area contributed by atoms with Crippen LogP contribution in [0, 0.1) is 5.41 Å². The molecule has 0 aromatic heterocycles. The van der Waals surface area contributed by atoms with Crippen molar-refractivity contribution in [2.45, 2.75) is 20.0 Å². The first kappa shape index (κ1) is 12.6. The summed E-state index contributed by atoms with van der Waals surface area (Å²) in [6, 6.07) is 7.04. The Morgan fingerprint density at radius 2 is 2.22 bits per heavy atom. The largest absolute Gasteiger partial charge is 0.465 e. The maximum atomic E-state index is 12.0. The molecule has 0 saturated heterocycles. The third-order valence-electron chi connectivity index (χ3n) is 3.27. The zero-order valence-electron chi connectivity index (χ0n) is 10.5. The van der Waals surface area contributed by atoms with Gasteiger partial charge in [-0.3, -0.25) is 4.79 Å². The minimum absolute atomic E-state index is 0.201. The lowest BCUT2D eigenvalue weighted by Crippen LogP contribution is -2.42. The molecule has 2 unspecified atom stereocenters. The van der Waals surface area contributed by atoms with Crippen LogP contribution in [0.2, 0.25) is 0 Å². The molecule has 0 aliphatic carbocycles. The molecule has 4 heteroatoms. The first-order chi connectivity index (χ1) is 8.51. The normalized spacial score (nSPS) is 26.2. The Labute approximate surface area is 106 Å². The molecule has 2 rings (SSSR count). The molecule has 1 aliphatic heterocycles. The molecule has 1 aliphatic rings. The molecule has 1 heterocycles. The smallest absolute Gasteiger partial charge is 0.322 e. The van der Waals surface area contributed by atoms with Crippen molar-refractivity contribution < 1.29 is 19.4 Å². The first-order valence-electron chi connectivity index (χ1n) is 5.83. The maximum absolute atomic E-state index is 12.0. The molecule has 96 valence electrons. The van der Waals surface area contributed by atoms with Crippen molar-refractivity contribution in [2.24, 2.45) is 5.41 Å². The van der Waals surface area contributed by atoms with E-state index in [1.807, 2.05) is 0 Å². The number of hydrogen-bond donors (Lipinski definition) is 1. The van der Waals surface area contributed by atoms with Gasteiger partial charge in [-0.2, -0.15) is 0 Å². The summed E-state index contributed by atoms with van der Waals surface area (Å²) < 4.78 is 10.5. The average Bonchev–Trinajstić information content (AvgIpc) is 2.36. The number of rotatable bonds is 2. The first-order valence-corrected chi connectivity index (χ1v) is 5.83. The Balaban J connectivity index is 2.46. The number of benzene rings is 1. The van der Waals surface area contributed by atoms with E-state index in [2.05, 4.69) is 6.58 Å². The van der Waals surface area contributed by atoms with Gasteiger partial charge in [-0.05, 0) is 19.9 Å². The summed E-state index contributed by atoms with van der Waals surface area (Å²) in [5.41, 5.74) is -0.704. The molecule has 0 amide bonds. The van der Waals surface area contributed by atoms with Gasteiger partial charge < -0.3 is 14.6 Å². The van der Waals surface area contributed by atoms with Gasteiger partial charge >= 0.3 is 5.97 Å². The number of para-hydroxylation sites is 1. The van der Waals surface area contributed by atoms with Gasteiger partial charge in [0.2, 0.25) is 0 Å². The van der Waals surface area contributed by atoms with Gasteiger partial charge in [-0.1, -0.05) is 24.8 Å². The van der Waals surface area contributed by atoms with Crippen molar-refractivity contribution in [3.8, 4) is 5.75 Å². The van der Waals surface area contributed by atoms with E-state index >= 15 is 0 Å². The molecular weight excluding hydrogens is 232 g/mol. The minimum Gasteiger partial charge on any atom is -0.465 e. The summed E-state index contributed by atoms with van der Waals surface area (Å²) in [6.45, 7) is 7.28. The summed E-state index contributed by atoms with van der Waals surface area (Å²) in [7, 11) is 0. The van der Waals surface area contributed by atoms with Crippen molar-refractivity contribution in [1.29, 1.82) is 0 Å². The number of aliphatic hydroxyl groups is 1. The average molecular weight is 248 g/mol. The highest BCUT2D eigenvalue weighted by molar-refractivity contribution is 5.81. The fourth-order valence-electron chi connectivity index (χ4n) is 2.01. The van der Waals surface area contributed by atoms with E-state index in [1.54, 1.807) is 38.1 Å². The van der Waals surface area contributed by atoms with Crippen molar-refractivity contribution in [1.82, 2.24) is 0 Å². The number of carbonyl (C=O) groups excluding carboxylic acids is 1. The molecule has 0 bridgehead atoms. The number of ether oxygens (including phenoxy) is 2. The predicted molar refractivity (Wildman–Crippen MR) is 65.9 cm³/mol. The zero-order chi connectivity index (χ0) is 13.3. The lowest BCUT2D eigenvalue weighted by Gasteiger charge is -2.38. The van der Waals surface area contributed by atoms with Crippen molar-refractivity contribution >= 4 is 5.97 Å². The minimum atomic E-state index is -1.27. The van der Waals surface area contributed by atoms with E-state index in [1.165, 1.54) is 0 Å². The van der Waals surface area contributed by atoms with Gasteiger partial charge in [0.15, 0.2) is 5.41 Å². The standard InChI is InChI=1S/C14H16O4/c1-4-17-13(16)14(3)9(2)18-11-8-6-5-7-10(11)12(14)15/h5-8,12,15H,2,4H2,1,3H3. The fraction of sp³-hybridized carbons (Fsp3) is 0.357. The Morgan fingerprint density at radius 3 is 2.89 bits per heavy atom. The lowest BCUT2D eigenvalue weighted by atomic mass is 9.77. The second kappa shape index (κ2) is 4.46. The fourth-order valence-corrected chi connectivity index (χ4v) is 2.01. The van der Waals surface area contributed by atoms with Crippen LogP contribution in [0.15, 0.2) is 36.6 Å². The molecule has 0 spiro atoms. The molecule has 0 saturated carbocycles. The van der Waals surface area contributed by atoms with Crippen LogP contribution >= 0.6 is 0 Å². The van der Waals surface area contributed by atoms with Crippen molar-refractivity contribution in [3.05, 3.63) is 42.2 Å². The van der Waals surface area contributed by atoms with Crippen LogP contribution in [-0.2, 0) is 9.53 Å². The van der Waals surface area contributed by atoms with E-state index in [0.717, 1.165) is 0 Å². The Morgan fingerprint density at radius 1 is 1.56 bits per heavy atom. The highest BCUT2D eigenvalue weighted by atomic mass is 16.5. The van der Waals surface area contributed by atoms with Gasteiger partial charge in [0.25, 0.3) is 0 Å². The zero-order valence-corrected chi connectivity index (χ0v) is 10.5. The molecule has 4 nitrogen and oxygen atoms in total. The van der Waals surface area contributed by atoms with Gasteiger partial charge in [-0.25, -0.2) is 0 Å². The third-order valence-corrected chi connectivity index (χ3v) is 3.27. The maximum Gasteiger partial charge on any atom is 0.322 e. The third kappa shape index (κ3) is 1.69. The number of hydrogen-bond acceptors (Lipinski definition) is 4. The summed E-state index contributed by atoms with van der Waals surface area (Å²) in [4.78, 5) is 12.0. The highest BCUT2D eigenvalue weighted by Gasteiger charge is 2.50. The second-order valence-electron chi connectivity index (χ2n) is 4.39. The SMILES string of the molecule is C=C1Oc2ccccc2C(O)C1(C)C(=O)OCC. The number of aliphatic hydroxyl groups excluding tert-OH is 1. The van der Waals surface area contributed by atoms with Crippen LogP contribution < -0.4 is 4.74 Å². The number of fused-ring (bicyclic) bond motifs is 1. The summed E-state index contributed by atoms with van der Waals surface area (Å²) in [5, 5.41) is 10.4. The van der Waals surface area contributed by atoms with E-state index in [0.29, 0.717) is 11.3 Å². The summed E-state index contributed by atoms with van der Waals surface area (Å²) in [6.07, 6.45) is -1.02. The van der Waals surface area contributed by atoms with Crippen LogP contribution in [0.5, 0.6) is 5.75 Å². The molecular formula is C14H16O4. The summed E-state index contributed by atoms with van der Waals surface area (Å²) >= 11 is 0. The van der Waals surface area contributed by atoms with Gasteiger partial charge in [0.1, 0.15) is 17.6 Å². The van der Waals surface area contributed by atoms with E-state index < -0.39 is 17.5 Å². The molecule has 1 N–H and O–H groups in total. The van der Waals surface area contributed by atoms with E-state index in [4.69, 9.17) is 9.47 Å². The van der Waals surface area contributed by atoms with Gasteiger partial charge in [0, 0.05) is 5.56 Å². The molecule has 0 fully saturated rings. The molecule has 2 atom stereocenters. The topological polar surface area (TPSA) is 55.8 Å². The molecule has 18 heavy (non-hydrogen) atoms. The van der Waals surface area contributed by atoms with Gasteiger partial charge in [0.05, 0.1) is 6.61 Å². The van der Waals surface area contributed by atoms with Crippen molar-refractivity contribution in [2.75, 3.05) is 6.61 Å². The Kier molecular flexibility index (Phi) is 3.13. The van der Waals surface area contributed by atoms with Crippen molar-refractivity contribution in [3.63, 3.8) is 0 Å². The molecule has 0 radical (unpaired) electrons. The van der Waals surface area contributed by atoms with E-state index in [-0.39, 0.29) is 12.4 Å². The van der Waals surface area contributed by atoms with Gasteiger partial charge in [-0.15, -0.1) is 0 Å². The van der Waals surface area contributed by atoms with Crippen LogP contribution in [0.4, 0.5) is 0 Å². The summed E-state index contributed by atoms with van der Waals surface area (Å²) in [5.74, 6) is 0.195. The number of carbonyl (C=O) groups is 1.